The predicted molar refractivity (Wildman–Crippen MR) is 110 cm³/mol. The highest BCUT2D eigenvalue weighted by Crippen LogP contribution is 2.30. The lowest BCUT2D eigenvalue weighted by atomic mass is 10.1. The van der Waals surface area contributed by atoms with Gasteiger partial charge in [-0.25, -0.2) is 9.69 Å². The zero-order chi connectivity index (χ0) is 20.3. The molecule has 0 spiro atoms. The minimum absolute atomic E-state index is 0.195. The minimum atomic E-state index is -0.850. The van der Waals surface area contributed by atoms with Crippen molar-refractivity contribution in [2.24, 2.45) is 0 Å². The maximum absolute atomic E-state index is 13.0. The molecule has 0 saturated carbocycles. The van der Waals surface area contributed by atoms with Gasteiger partial charge in [-0.05, 0) is 42.8 Å². The summed E-state index contributed by atoms with van der Waals surface area (Å²) in [6.07, 6.45) is 2.21. The van der Waals surface area contributed by atoms with Crippen LogP contribution in [0.15, 0.2) is 52.5 Å². The number of benzene rings is 2. The summed E-state index contributed by atoms with van der Waals surface area (Å²) in [5.74, 6) is -1.01. The number of ether oxygens (including phenoxy) is 1. The van der Waals surface area contributed by atoms with E-state index in [9.17, 15) is 14.4 Å². The molecule has 1 heterocycles. The first-order chi connectivity index (χ1) is 13.4. The van der Waals surface area contributed by atoms with Gasteiger partial charge in [0.05, 0.1) is 17.3 Å². The van der Waals surface area contributed by atoms with Crippen LogP contribution in [0.1, 0.15) is 18.9 Å². The topological polar surface area (TPSA) is 75.7 Å². The lowest BCUT2D eigenvalue weighted by Crippen LogP contribution is -2.54. The molecule has 0 aromatic heterocycles. The molecule has 4 amide bonds. The van der Waals surface area contributed by atoms with Gasteiger partial charge in [-0.3, -0.25) is 14.9 Å². The molecule has 1 saturated heterocycles. The van der Waals surface area contributed by atoms with E-state index in [1.54, 1.807) is 36.4 Å². The number of carbonyl (C=O) groups is 3. The van der Waals surface area contributed by atoms with Crippen molar-refractivity contribution in [3.05, 3.63) is 63.1 Å². The zero-order valence-corrected chi connectivity index (χ0v) is 17.2. The molecule has 0 unspecified atom stereocenters. The molecule has 1 N–H and O–H groups in total. The molecular formula is C20H16BrClN2O4. The van der Waals surface area contributed by atoms with Gasteiger partial charge in [0.15, 0.2) is 0 Å². The van der Waals surface area contributed by atoms with Gasteiger partial charge in [0, 0.05) is 10.0 Å². The van der Waals surface area contributed by atoms with Crippen molar-refractivity contribution in [2.75, 3.05) is 11.5 Å². The summed E-state index contributed by atoms with van der Waals surface area (Å²) in [6, 6.07) is 10.8. The molecule has 0 atom stereocenters. The molecule has 0 radical (unpaired) electrons. The fraction of sp³-hybridized carbons (Fsp3) is 0.150. The molecule has 2 aromatic rings. The van der Waals surface area contributed by atoms with Gasteiger partial charge < -0.3 is 4.74 Å². The second-order valence-electron chi connectivity index (χ2n) is 5.94. The fourth-order valence-electron chi connectivity index (χ4n) is 2.64. The summed E-state index contributed by atoms with van der Waals surface area (Å²) in [6.45, 7) is 2.46. The quantitative estimate of drug-likeness (QED) is 0.521. The molecule has 1 aliphatic heterocycles. The lowest BCUT2D eigenvalue weighted by molar-refractivity contribution is -0.122. The normalized spacial score (nSPS) is 15.8. The molecule has 6 nitrogen and oxygen atoms in total. The first-order valence-corrected chi connectivity index (χ1v) is 9.67. The Hall–Kier alpha value is -2.64. The summed E-state index contributed by atoms with van der Waals surface area (Å²) in [7, 11) is 0. The van der Waals surface area contributed by atoms with Crippen LogP contribution in [0.25, 0.3) is 6.08 Å². The van der Waals surface area contributed by atoms with E-state index in [0.717, 1.165) is 15.8 Å². The average Bonchev–Trinajstić information content (AvgIpc) is 2.66. The largest absolute Gasteiger partial charge is 0.493 e. The minimum Gasteiger partial charge on any atom is -0.493 e. The number of hydrogen-bond acceptors (Lipinski definition) is 4. The molecule has 28 heavy (non-hydrogen) atoms. The third-order valence-corrected chi connectivity index (χ3v) is 4.74. The van der Waals surface area contributed by atoms with E-state index in [1.165, 1.54) is 12.1 Å². The summed E-state index contributed by atoms with van der Waals surface area (Å²) >= 11 is 9.51. The first-order valence-electron chi connectivity index (χ1n) is 8.50. The average molecular weight is 464 g/mol. The number of carbonyl (C=O) groups excluding carboxylic acids is 3. The highest BCUT2D eigenvalue weighted by molar-refractivity contribution is 9.10. The summed E-state index contributed by atoms with van der Waals surface area (Å²) < 4.78 is 6.45. The van der Waals surface area contributed by atoms with E-state index in [1.807, 2.05) is 6.92 Å². The van der Waals surface area contributed by atoms with Crippen molar-refractivity contribution in [3.63, 3.8) is 0 Å². The van der Waals surface area contributed by atoms with Gasteiger partial charge in [0.2, 0.25) is 0 Å². The Kier molecular flexibility index (Phi) is 6.16. The van der Waals surface area contributed by atoms with Gasteiger partial charge in [-0.2, -0.15) is 0 Å². The Morgan fingerprint density at radius 3 is 2.64 bits per heavy atom. The van der Waals surface area contributed by atoms with Crippen LogP contribution >= 0.6 is 27.5 Å². The predicted octanol–water partition coefficient (Wildman–Crippen LogP) is 4.56. The van der Waals surface area contributed by atoms with E-state index >= 15 is 0 Å². The Balaban J connectivity index is 2.05. The number of imide groups is 2. The molecule has 1 fully saturated rings. The lowest BCUT2D eigenvalue weighted by Gasteiger charge is -2.27. The van der Waals surface area contributed by atoms with Crippen LogP contribution in [-0.4, -0.2) is 24.5 Å². The van der Waals surface area contributed by atoms with Gasteiger partial charge in [-0.15, -0.1) is 0 Å². The molecular weight excluding hydrogens is 448 g/mol. The Morgan fingerprint density at radius 2 is 1.93 bits per heavy atom. The number of anilines is 1. The maximum atomic E-state index is 13.0. The molecule has 0 bridgehead atoms. The number of barbiturate groups is 1. The molecule has 8 heteroatoms. The van der Waals surface area contributed by atoms with Crippen molar-refractivity contribution >= 4 is 57.1 Å². The summed E-state index contributed by atoms with van der Waals surface area (Å²) in [5.41, 5.74) is 0.538. The number of urea groups is 1. The molecule has 3 rings (SSSR count). The van der Waals surface area contributed by atoms with Crippen molar-refractivity contribution in [1.29, 1.82) is 0 Å². The van der Waals surface area contributed by atoms with E-state index in [0.29, 0.717) is 17.9 Å². The van der Waals surface area contributed by atoms with Gasteiger partial charge in [0.1, 0.15) is 11.3 Å². The third kappa shape index (κ3) is 4.10. The highest BCUT2D eigenvalue weighted by atomic mass is 79.9. The van der Waals surface area contributed by atoms with Crippen LogP contribution in [0.2, 0.25) is 5.02 Å². The second kappa shape index (κ2) is 8.58. The molecule has 2 aromatic carbocycles. The van der Waals surface area contributed by atoms with Gasteiger partial charge in [-0.1, -0.05) is 46.6 Å². The van der Waals surface area contributed by atoms with Crippen LogP contribution in [0.5, 0.6) is 5.75 Å². The second-order valence-corrected chi connectivity index (χ2v) is 7.26. The van der Waals surface area contributed by atoms with Gasteiger partial charge >= 0.3 is 6.03 Å². The van der Waals surface area contributed by atoms with Crippen molar-refractivity contribution < 1.29 is 19.1 Å². The number of amides is 4. The maximum Gasteiger partial charge on any atom is 0.335 e. The van der Waals surface area contributed by atoms with E-state index in [4.69, 9.17) is 16.3 Å². The molecule has 144 valence electrons. The van der Waals surface area contributed by atoms with Crippen LogP contribution < -0.4 is 15.0 Å². The third-order valence-electron chi connectivity index (χ3n) is 3.93. The Morgan fingerprint density at radius 1 is 1.18 bits per heavy atom. The number of nitrogens with one attached hydrogen (secondary N) is 1. The van der Waals surface area contributed by atoms with E-state index in [-0.39, 0.29) is 16.3 Å². The van der Waals surface area contributed by atoms with Crippen molar-refractivity contribution in [2.45, 2.75) is 13.3 Å². The summed E-state index contributed by atoms with van der Waals surface area (Å²) in [4.78, 5) is 38.5. The number of nitrogens with zero attached hydrogens (tertiary/aromatic N) is 1. The monoisotopic (exact) mass is 462 g/mol. The number of para-hydroxylation sites is 1. The highest BCUT2D eigenvalue weighted by Gasteiger charge is 2.37. The van der Waals surface area contributed by atoms with Crippen LogP contribution in [0, 0.1) is 0 Å². The van der Waals surface area contributed by atoms with Gasteiger partial charge in [0.25, 0.3) is 11.8 Å². The zero-order valence-electron chi connectivity index (χ0n) is 14.9. The van der Waals surface area contributed by atoms with Crippen LogP contribution in [0.4, 0.5) is 10.5 Å². The van der Waals surface area contributed by atoms with Crippen molar-refractivity contribution in [1.82, 2.24) is 5.32 Å². The number of halogens is 2. The summed E-state index contributed by atoms with van der Waals surface area (Å²) in [5, 5.41) is 2.40. The SMILES string of the molecule is CCCOc1ccc(Br)cc1/C=C1\C(=O)NC(=O)N(c2ccccc2Cl)C1=O. The van der Waals surface area contributed by atoms with Crippen LogP contribution in [0.3, 0.4) is 0 Å². The number of hydrogen-bond donors (Lipinski definition) is 1. The first kappa shape index (κ1) is 20.1. The van der Waals surface area contributed by atoms with Crippen LogP contribution in [-0.2, 0) is 9.59 Å². The van der Waals surface area contributed by atoms with E-state index in [2.05, 4.69) is 21.2 Å². The van der Waals surface area contributed by atoms with Crippen molar-refractivity contribution in [3.8, 4) is 5.75 Å². The molecule has 1 aliphatic rings. The standard InChI is InChI=1S/C20H16BrClN2O4/c1-2-9-28-17-8-7-13(21)10-12(17)11-14-18(25)23-20(27)24(19(14)26)16-6-4-3-5-15(16)22/h3-8,10-11H,2,9H2,1H3,(H,23,25,27)/b14-11+. The Labute approximate surface area is 175 Å². The number of rotatable bonds is 5. The fourth-order valence-corrected chi connectivity index (χ4v) is 3.24. The molecule has 0 aliphatic carbocycles. The smallest absolute Gasteiger partial charge is 0.335 e. The van der Waals surface area contributed by atoms with E-state index < -0.39 is 17.8 Å². The Bertz CT molecular complexity index is 990.